The molecule has 0 fully saturated rings. The number of benzene rings is 1. The summed E-state index contributed by atoms with van der Waals surface area (Å²) >= 11 is 0. The summed E-state index contributed by atoms with van der Waals surface area (Å²) in [4.78, 5) is 25.3. The van der Waals surface area contributed by atoms with Crippen molar-refractivity contribution in [3.8, 4) is 0 Å². The molecular formula is C16H22N2O3. The number of aliphatic carboxylic acids is 1. The molecule has 1 aromatic rings. The molecule has 2 atom stereocenters. The predicted octanol–water partition coefficient (Wildman–Crippen LogP) is 1.41. The van der Waals surface area contributed by atoms with Gasteiger partial charge in [0.15, 0.2) is 0 Å². The zero-order valence-electron chi connectivity index (χ0n) is 12.5. The molecule has 0 radical (unpaired) electrons. The lowest BCUT2D eigenvalue weighted by Gasteiger charge is -2.34. The summed E-state index contributed by atoms with van der Waals surface area (Å²) in [5.41, 5.74) is 2.05. The van der Waals surface area contributed by atoms with E-state index < -0.39 is 12.0 Å². The van der Waals surface area contributed by atoms with E-state index in [1.54, 1.807) is 0 Å². The number of carbonyl (C=O) groups excluding carboxylic acids is 1. The quantitative estimate of drug-likeness (QED) is 0.860. The monoisotopic (exact) mass is 290 g/mol. The third-order valence-corrected chi connectivity index (χ3v) is 4.07. The molecular weight excluding hydrogens is 268 g/mol. The van der Waals surface area contributed by atoms with Crippen LogP contribution in [0.2, 0.25) is 0 Å². The zero-order valence-corrected chi connectivity index (χ0v) is 12.5. The number of nitrogens with one attached hydrogen (secondary N) is 1. The van der Waals surface area contributed by atoms with Gasteiger partial charge in [0.25, 0.3) is 0 Å². The van der Waals surface area contributed by atoms with E-state index in [4.69, 9.17) is 0 Å². The number of amides is 1. The van der Waals surface area contributed by atoms with Gasteiger partial charge < -0.3 is 15.3 Å². The van der Waals surface area contributed by atoms with E-state index in [0.29, 0.717) is 13.0 Å². The van der Waals surface area contributed by atoms with E-state index in [0.717, 1.165) is 17.5 Å². The van der Waals surface area contributed by atoms with E-state index in [1.807, 2.05) is 38.1 Å². The molecule has 0 saturated heterocycles. The Morgan fingerprint density at radius 2 is 2.05 bits per heavy atom. The molecule has 1 aliphatic rings. The summed E-state index contributed by atoms with van der Waals surface area (Å²) in [5, 5.41) is 12.5. The van der Waals surface area contributed by atoms with Crippen LogP contribution in [0.1, 0.15) is 31.4 Å². The Labute approximate surface area is 125 Å². The Kier molecular flexibility index (Phi) is 4.96. The minimum absolute atomic E-state index is 0.155. The van der Waals surface area contributed by atoms with Gasteiger partial charge in [-0.3, -0.25) is 4.79 Å². The van der Waals surface area contributed by atoms with Crippen LogP contribution in [0.25, 0.3) is 0 Å². The van der Waals surface area contributed by atoms with Crippen LogP contribution in [0, 0.1) is 0 Å². The maximum Gasteiger partial charge on any atom is 0.326 e. The molecule has 5 nitrogen and oxygen atoms in total. The Bertz CT molecular complexity index is 530. The van der Waals surface area contributed by atoms with Crippen molar-refractivity contribution in [2.75, 3.05) is 6.54 Å². The van der Waals surface area contributed by atoms with E-state index >= 15 is 0 Å². The summed E-state index contributed by atoms with van der Waals surface area (Å²) in [6.07, 6.45) is 1.30. The lowest BCUT2D eigenvalue weighted by Crippen LogP contribution is -2.51. The Morgan fingerprint density at radius 1 is 1.38 bits per heavy atom. The van der Waals surface area contributed by atoms with Crippen LogP contribution >= 0.6 is 0 Å². The molecule has 2 N–H and O–H groups in total. The smallest absolute Gasteiger partial charge is 0.326 e. The van der Waals surface area contributed by atoms with Gasteiger partial charge in [0.1, 0.15) is 6.04 Å². The van der Waals surface area contributed by atoms with Crippen LogP contribution in [0.4, 0.5) is 0 Å². The van der Waals surface area contributed by atoms with Crippen LogP contribution in [0.5, 0.6) is 0 Å². The van der Waals surface area contributed by atoms with Gasteiger partial charge in [-0.05, 0) is 24.5 Å². The zero-order chi connectivity index (χ0) is 15.4. The van der Waals surface area contributed by atoms with Gasteiger partial charge in [-0.15, -0.1) is 0 Å². The second-order valence-corrected chi connectivity index (χ2v) is 5.54. The number of nitrogens with zero attached hydrogens (tertiary/aromatic N) is 1. The maximum atomic E-state index is 12.3. The van der Waals surface area contributed by atoms with Crippen molar-refractivity contribution < 1.29 is 14.7 Å². The molecule has 0 aliphatic carbocycles. The van der Waals surface area contributed by atoms with Crippen molar-refractivity contribution in [1.29, 1.82) is 0 Å². The second kappa shape index (κ2) is 6.72. The van der Waals surface area contributed by atoms with Crippen molar-refractivity contribution >= 4 is 11.9 Å². The summed E-state index contributed by atoms with van der Waals surface area (Å²) in [7, 11) is 0. The van der Waals surface area contributed by atoms with Crippen LogP contribution < -0.4 is 5.32 Å². The molecule has 0 aromatic heterocycles. The first kappa shape index (κ1) is 15.5. The minimum atomic E-state index is -0.943. The highest BCUT2D eigenvalue weighted by Gasteiger charge is 2.34. The Balaban J connectivity index is 2.13. The first-order chi connectivity index (χ1) is 10.0. The Hall–Kier alpha value is -1.88. The normalized spacial score (nSPS) is 19.0. The van der Waals surface area contributed by atoms with Crippen LogP contribution in [0.15, 0.2) is 24.3 Å². The average molecular weight is 290 g/mol. The van der Waals surface area contributed by atoms with E-state index in [9.17, 15) is 14.7 Å². The molecule has 21 heavy (non-hydrogen) atoms. The fourth-order valence-corrected chi connectivity index (χ4v) is 2.51. The topological polar surface area (TPSA) is 69.6 Å². The fraction of sp³-hybridized carbons (Fsp3) is 0.500. The second-order valence-electron chi connectivity index (χ2n) is 5.54. The van der Waals surface area contributed by atoms with E-state index in [-0.39, 0.29) is 18.5 Å². The lowest BCUT2D eigenvalue weighted by molar-refractivity contribution is -0.151. The molecule has 1 aromatic carbocycles. The molecule has 1 unspecified atom stereocenters. The molecule has 114 valence electrons. The first-order valence-electron chi connectivity index (χ1n) is 7.35. The van der Waals surface area contributed by atoms with Gasteiger partial charge in [-0.1, -0.05) is 31.2 Å². The number of carboxylic acid groups (broad SMARTS) is 1. The Morgan fingerprint density at radius 3 is 2.67 bits per heavy atom. The van der Waals surface area contributed by atoms with Crippen molar-refractivity contribution in [2.45, 2.75) is 45.3 Å². The third kappa shape index (κ3) is 3.61. The molecule has 0 saturated carbocycles. The summed E-state index contributed by atoms with van der Waals surface area (Å²) in [5.74, 6) is -1.10. The third-order valence-electron chi connectivity index (χ3n) is 4.07. The van der Waals surface area contributed by atoms with Crippen LogP contribution in [-0.2, 0) is 22.6 Å². The highest BCUT2D eigenvalue weighted by Crippen LogP contribution is 2.23. The number of hydrogen-bond donors (Lipinski definition) is 2. The van der Waals surface area contributed by atoms with Crippen molar-refractivity contribution in [3.05, 3.63) is 35.4 Å². The van der Waals surface area contributed by atoms with Crippen molar-refractivity contribution in [1.82, 2.24) is 10.2 Å². The van der Waals surface area contributed by atoms with Crippen molar-refractivity contribution in [3.63, 3.8) is 0 Å². The molecule has 0 bridgehead atoms. The fourth-order valence-electron chi connectivity index (χ4n) is 2.51. The minimum Gasteiger partial charge on any atom is -0.480 e. The van der Waals surface area contributed by atoms with E-state index in [2.05, 4.69) is 5.32 Å². The van der Waals surface area contributed by atoms with Crippen molar-refractivity contribution in [2.24, 2.45) is 0 Å². The molecule has 1 heterocycles. The number of carboxylic acids is 1. The maximum absolute atomic E-state index is 12.3. The summed E-state index contributed by atoms with van der Waals surface area (Å²) < 4.78 is 0. The van der Waals surface area contributed by atoms with Gasteiger partial charge in [0, 0.05) is 19.0 Å². The van der Waals surface area contributed by atoms with Crippen LogP contribution in [0.3, 0.4) is 0 Å². The average Bonchev–Trinajstić information content (AvgIpc) is 2.50. The number of carbonyl (C=O) groups is 2. The number of hydrogen-bond acceptors (Lipinski definition) is 3. The number of fused-ring (bicyclic) bond motifs is 1. The molecule has 1 amide bonds. The predicted molar refractivity (Wildman–Crippen MR) is 79.9 cm³/mol. The molecule has 5 heteroatoms. The van der Waals surface area contributed by atoms with Gasteiger partial charge in [0.2, 0.25) is 5.91 Å². The summed E-state index contributed by atoms with van der Waals surface area (Å²) in [6, 6.07) is 7.18. The van der Waals surface area contributed by atoms with E-state index in [1.165, 1.54) is 4.90 Å². The highest BCUT2D eigenvalue weighted by atomic mass is 16.4. The largest absolute Gasteiger partial charge is 0.480 e. The van der Waals surface area contributed by atoms with Gasteiger partial charge in [-0.25, -0.2) is 4.79 Å². The summed E-state index contributed by atoms with van der Waals surface area (Å²) in [6.45, 7) is 4.60. The van der Waals surface area contributed by atoms with Gasteiger partial charge >= 0.3 is 5.97 Å². The first-order valence-corrected chi connectivity index (χ1v) is 7.35. The molecule has 0 spiro atoms. The molecule has 1 aliphatic heterocycles. The lowest BCUT2D eigenvalue weighted by atomic mass is 9.94. The SMILES string of the molecule is CCC(C)NCC(=O)N1Cc2ccccc2C[C@@H]1C(=O)O. The van der Waals surface area contributed by atoms with Gasteiger partial charge in [-0.2, -0.15) is 0 Å². The highest BCUT2D eigenvalue weighted by molar-refractivity contribution is 5.85. The van der Waals surface area contributed by atoms with Gasteiger partial charge in [0.05, 0.1) is 6.54 Å². The van der Waals surface area contributed by atoms with Crippen LogP contribution in [-0.4, -0.2) is 40.5 Å². The standard InChI is InChI=1S/C16H22N2O3/c1-3-11(2)17-9-15(19)18-10-13-7-5-4-6-12(13)8-14(18)16(20)21/h4-7,11,14,17H,3,8-10H2,1-2H3,(H,20,21)/t11?,14-/m1/s1. The number of rotatable bonds is 5. The molecule has 2 rings (SSSR count).